The Morgan fingerprint density at radius 1 is 1.04 bits per heavy atom. The Morgan fingerprint density at radius 2 is 1.77 bits per heavy atom. The van der Waals surface area contributed by atoms with Crippen molar-refractivity contribution in [3.05, 3.63) is 24.3 Å². The average molecular weight is 359 g/mol. The zero-order chi connectivity index (χ0) is 18.4. The quantitative estimate of drug-likeness (QED) is 0.866. The number of nitrogens with zero attached hydrogens (tertiary/aromatic N) is 1. The fourth-order valence-corrected chi connectivity index (χ4v) is 3.81. The van der Waals surface area contributed by atoms with Crippen LogP contribution in [-0.2, 0) is 4.79 Å². The zero-order valence-electron chi connectivity index (χ0n) is 15.5. The first kappa shape index (κ1) is 18.5. The van der Waals surface area contributed by atoms with Crippen LogP contribution in [0.4, 0.5) is 10.5 Å². The number of carbonyl (C=O) groups excluding carboxylic acids is 2. The highest BCUT2D eigenvalue weighted by Crippen LogP contribution is 2.22. The van der Waals surface area contributed by atoms with E-state index in [1.807, 2.05) is 24.3 Å². The average Bonchev–Trinajstić information content (AvgIpc) is 2.69. The summed E-state index contributed by atoms with van der Waals surface area (Å²) in [5, 5.41) is 6.10. The summed E-state index contributed by atoms with van der Waals surface area (Å²) < 4.78 is 5.13. The molecule has 1 aliphatic carbocycles. The van der Waals surface area contributed by atoms with Crippen LogP contribution in [-0.4, -0.2) is 43.1 Å². The van der Waals surface area contributed by atoms with Crippen molar-refractivity contribution in [3.63, 3.8) is 0 Å². The van der Waals surface area contributed by atoms with E-state index in [1.54, 1.807) is 12.0 Å². The summed E-state index contributed by atoms with van der Waals surface area (Å²) in [6.07, 6.45) is 7.47. The maximum atomic E-state index is 12.6. The summed E-state index contributed by atoms with van der Waals surface area (Å²) >= 11 is 0. The number of carbonyl (C=O) groups is 2. The van der Waals surface area contributed by atoms with E-state index in [9.17, 15) is 9.59 Å². The number of methoxy groups -OCH3 is 1. The number of benzene rings is 1. The van der Waals surface area contributed by atoms with Crippen molar-refractivity contribution in [2.75, 3.05) is 25.5 Å². The molecular formula is C20H29N3O3. The van der Waals surface area contributed by atoms with Crippen molar-refractivity contribution < 1.29 is 14.3 Å². The van der Waals surface area contributed by atoms with Crippen molar-refractivity contribution >= 4 is 17.6 Å². The lowest BCUT2D eigenvalue weighted by molar-refractivity contribution is -0.121. The summed E-state index contributed by atoms with van der Waals surface area (Å²) in [6.45, 7) is 1.21. The molecule has 1 heterocycles. The molecule has 3 amide bonds. The molecule has 6 heteroatoms. The van der Waals surface area contributed by atoms with Gasteiger partial charge in [0.2, 0.25) is 5.91 Å². The first-order valence-corrected chi connectivity index (χ1v) is 9.66. The standard InChI is InChI=1S/C20H29N3O3/c1-26-18-11-9-17(10-12-18)21-19(24)15-6-5-13-23(14-15)20(25)22-16-7-3-2-4-8-16/h9-12,15-16H,2-8,13-14H2,1H3,(H,21,24)(H,22,25). The Bertz CT molecular complexity index is 611. The summed E-state index contributed by atoms with van der Waals surface area (Å²) in [4.78, 5) is 26.9. The third-order valence-corrected chi connectivity index (χ3v) is 5.37. The number of likely N-dealkylation sites (tertiary alicyclic amines) is 1. The monoisotopic (exact) mass is 359 g/mol. The maximum absolute atomic E-state index is 12.6. The van der Waals surface area contributed by atoms with E-state index in [-0.39, 0.29) is 17.9 Å². The van der Waals surface area contributed by atoms with Crippen molar-refractivity contribution in [1.29, 1.82) is 0 Å². The number of hydrogen-bond acceptors (Lipinski definition) is 3. The minimum Gasteiger partial charge on any atom is -0.497 e. The molecule has 3 rings (SSSR count). The third kappa shape index (κ3) is 4.90. The second kappa shape index (κ2) is 8.92. The van der Waals surface area contributed by atoms with Crippen LogP contribution in [0, 0.1) is 5.92 Å². The Morgan fingerprint density at radius 3 is 2.46 bits per heavy atom. The normalized spacial score (nSPS) is 21.1. The van der Waals surface area contributed by atoms with Gasteiger partial charge >= 0.3 is 6.03 Å². The molecule has 1 saturated heterocycles. The summed E-state index contributed by atoms with van der Waals surface area (Å²) in [7, 11) is 1.61. The van der Waals surface area contributed by atoms with Crippen molar-refractivity contribution in [2.24, 2.45) is 5.92 Å². The minimum absolute atomic E-state index is 0.0150. The molecule has 2 aliphatic rings. The lowest BCUT2D eigenvalue weighted by Crippen LogP contribution is -2.50. The lowest BCUT2D eigenvalue weighted by Gasteiger charge is -2.34. The van der Waals surface area contributed by atoms with Crippen molar-refractivity contribution in [2.45, 2.75) is 51.0 Å². The number of hydrogen-bond donors (Lipinski definition) is 2. The smallest absolute Gasteiger partial charge is 0.317 e. The molecule has 1 saturated carbocycles. The van der Waals surface area contributed by atoms with Crippen LogP contribution in [0.5, 0.6) is 5.75 Å². The molecule has 1 aromatic carbocycles. The van der Waals surface area contributed by atoms with Gasteiger partial charge in [0.25, 0.3) is 0 Å². The van der Waals surface area contributed by atoms with E-state index in [0.717, 1.165) is 43.7 Å². The van der Waals surface area contributed by atoms with Crippen LogP contribution in [0.1, 0.15) is 44.9 Å². The SMILES string of the molecule is COc1ccc(NC(=O)C2CCCN(C(=O)NC3CCCCC3)C2)cc1. The molecule has 1 aliphatic heterocycles. The van der Waals surface area contributed by atoms with Gasteiger partial charge in [0, 0.05) is 24.8 Å². The molecule has 1 aromatic rings. The van der Waals surface area contributed by atoms with Crippen LogP contribution in [0.25, 0.3) is 0 Å². The number of ether oxygens (including phenoxy) is 1. The highest BCUT2D eigenvalue weighted by atomic mass is 16.5. The largest absolute Gasteiger partial charge is 0.497 e. The topological polar surface area (TPSA) is 70.7 Å². The van der Waals surface area contributed by atoms with E-state index in [4.69, 9.17) is 4.74 Å². The van der Waals surface area contributed by atoms with Crippen molar-refractivity contribution in [1.82, 2.24) is 10.2 Å². The number of rotatable bonds is 4. The zero-order valence-corrected chi connectivity index (χ0v) is 15.5. The Kier molecular flexibility index (Phi) is 6.36. The van der Waals surface area contributed by atoms with Gasteiger partial charge in [0.1, 0.15) is 5.75 Å². The van der Waals surface area contributed by atoms with E-state index in [0.29, 0.717) is 12.6 Å². The van der Waals surface area contributed by atoms with Gasteiger partial charge in [-0.2, -0.15) is 0 Å². The number of nitrogens with one attached hydrogen (secondary N) is 2. The first-order valence-electron chi connectivity index (χ1n) is 9.66. The Labute approximate surface area is 155 Å². The molecule has 6 nitrogen and oxygen atoms in total. The van der Waals surface area contributed by atoms with Gasteiger partial charge in [-0.3, -0.25) is 4.79 Å². The number of piperidine rings is 1. The third-order valence-electron chi connectivity index (χ3n) is 5.37. The molecule has 2 N–H and O–H groups in total. The molecule has 0 radical (unpaired) electrons. The number of urea groups is 1. The minimum atomic E-state index is -0.164. The predicted molar refractivity (Wildman–Crippen MR) is 101 cm³/mol. The van der Waals surface area contributed by atoms with Crippen LogP contribution in [0.3, 0.4) is 0 Å². The van der Waals surface area contributed by atoms with Crippen LogP contribution >= 0.6 is 0 Å². The number of amides is 3. The van der Waals surface area contributed by atoms with Crippen LogP contribution in [0.15, 0.2) is 24.3 Å². The fraction of sp³-hybridized carbons (Fsp3) is 0.600. The Hall–Kier alpha value is -2.24. The fourth-order valence-electron chi connectivity index (χ4n) is 3.81. The van der Waals surface area contributed by atoms with Crippen molar-refractivity contribution in [3.8, 4) is 5.75 Å². The van der Waals surface area contributed by atoms with E-state index >= 15 is 0 Å². The van der Waals surface area contributed by atoms with Gasteiger partial charge < -0.3 is 20.3 Å². The van der Waals surface area contributed by atoms with Gasteiger partial charge in [-0.15, -0.1) is 0 Å². The summed E-state index contributed by atoms with van der Waals surface area (Å²) in [5.41, 5.74) is 0.750. The molecular weight excluding hydrogens is 330 g/mol. The van der Waals surface area contributed by atoms with Gasteiger partial charge in [-0.1, -0.05) is 19.3 Å². The van der Waals surface area contributed by atoms with E-state index in [1.165, 1.54) is 19.3 Å². The van der Waals surface area contributed by atoms with Crippen LogP contribution < -0.4 is 15.4 Å². The molecule has 1 unspecified atom stereocenters. The second-order valence-corrected chi connectivity index (χ2v) is 7.29. The van der Waals surface area contributed by atoms with Gasteiger partial charge in [0.05, 0.1) is 13.0 Å². The van der Waals surface area contributed by atoms with Crippen LogP contribution in [0.2, 0.25) is 0 Å². The molecule has 0 bridgehead atoms. The maximum Gasteiger partial charge on any atom is 0.317 e. The molecule has 0 aromatic heterocycles. The molecule has 0 spiro atoms. The van der Waals surface area contributed by atoms with Gasteiger partial charge in [-0.05, 0) is 49.9 Å². The summed E-state index contributed by atoms with van der Waals surface area (Å²) in [5.74, 6) is 0.569. The van der Waals surface area contributed by atoms with E-state index < -0.39 is 0 Å². The first-order chi connectivity index (χ1) is 12.7. The molecule has 1 atom stereocenters. The second-order valence-electron chi connectivity index (χ2n) is 7.29. The molecule has 26 heavy (non-hydrogen) atoms. The number of anilines is 1. The lowest BCUT2D eigenvalue weighted by atomic mass is 9.95. The summed E-state index contributed by atoms with van der Waals surface area (Å²) in [6, 6.07) is 7.57. The molecule has 2 fully saturated rings. The van der Waals surface area contributed by atoms with E-state index in [2.05, 4.69) is 10.6 Å². The predicted octanol–water partition coefficient (Wildman–Crippen LogP) is 3.39. The van der Waals surface area contributed by atoms with Gasteiger partial charge in [0.15, 0.2) is 0 Å². The highest BCUT2D eigenvalue weighted by molar-refractivity contribution is 5.93. The Balaban J connectivity index is 1.51. The molecule has 142 valence electrons. The highest BCUT2D eigenvalue weighted by Gasteiger charge is 2.29. The van der Waals surface area contributed by atoms with Gasteiger partial charge in [-0.25, -0.2) is 4.79 Å².